The Balaban J connectivity index is 1.22. The molecule has 1 saturated heterocycles. The summed E-state index contributed by atoms with van der Waals surface area (Å²) >= 11 is 1.41. The van der Waals surface area contributed by atoms with Crippen LogP contribution in [0.25, 0.3) is 16.7 Å². The van der Waals surface area contributed by atoms with Gasteiger partial charge in [-0.05, 0) is 61.8 Å². The van der Waals surface area contributed by atoms with Gasteiger partial charge >= 0.3 is 0 Å². The molecule has 2 aromatic carbocycles. The summed E-state index contributed by atoms with van der Waals surface area (Å²) < 4.78 is 16.2. The van der Waals surface area contributed by atoms with Gasteiger partial charge in [-0.3, -0.25) is 9.52 Å². The highest BCUT2D eigenvalue weighted by molar-refractivity contribution is 7.97. The van der Waals surface area contributed by atoms with E-state index in [-0.39, 0.29) is 5.91 Å². The van der Waals surface area contributed by atoms with E-state index < -0.39 is 0 Å². The number of fused-ring (bicyclic) bond motifs is 1. The fourth-order valence-electron chi connectivity index (χ4n) is 5.95. The van der Waals surface area contributed by atoms with Crippen LogP contribution in [-0.4, -0.2) is 59.8 Å². The van der Waals surface area contributed by atoms with E-state index in [2.05, 4.69) is 33.9 Å². The van der Waals surface area contributed by atoms with E-state index in [1.54, 1.807) is 7.11 Å². The first kappa shape index (κ1) is 29.7. The van der Waals surface area contributed by atoms with Crippen molar-refractivity contribution in [3.8, 4) is 5.69 Å². The summed E-state index contributed by atoms with van der Waals surface area (Å²) in [6, 6.07) is 22.3. The minimum atomic E-state index is -0.182. The van der Waals surface area contributed by atoms with Crippen molar-refractivity contribution in [3.63, 3.8) is 0 Å². The quantitative estimate of drug-likeness (QED) is 0.138. The number of nitrogens with zero attached hydrogens (tertiary/aromatic N) is 4. The molecule has 226 valence electrons. The first-order valence-electron chi connectivity index (χ1n) is 15.5. The van der Waals surface area contributed by atoms with E-state index in [1.807, 2.05) is 47.1 Å². The van der Waals surface area contributed by atoms with Crippen molar-refractivity contribution in [3.05, 3.63) is 83.7 Å². The van der Waals surface area contributed by atoms with E-state index in [9.17, 15) is 4.79 Å². The molecule has 1 aliphatic heterocycles. The van der Waals surface area contributed by atoms with E-state index in [0.717, 1.165) is 85.7 Å². The minimum Gasteiger partial charge on any atom is -0.384 e. The van der Waals surface area contributed by atoms with E-state index in [4.69, 9.17) is 19.6 Å². The number of aromatic nitrogens is 3. The first-order valence-corrected chi connectivity index (χ1v) is 16.5. The number of para-hydroxylation sites is 1. The number of carbonyl (C=O) groups excluding carboxylic acids is 1. The van der Waals surface area contributed by atoms with Gasteiger partial charge in [-0.2, -0.15) is 5.10 Å². The normalized spacial score (nSPS) is 16.0. The van der Waals surface area contributed by atoms with Gasteiger partial charge in [0.25, 0.3) is 5.91 Å². The number of piperidine rings is 1. The number of ether oxygens (including phenoxy) is 2. The molecule has 3 heterocycles. The van der Waals surface area contributed by atoms with Crippen molar-refractivity contribution in [1.82, 2.24) is 19.5 Å². The molecule has 0 unspecified atom stereocenters. The average molecular weight is 600 g/mol. The molecule has 43 heavy (non-hydrogen) atoms. The number of nitrogens with one attached hydrogen (secondary N) is 1. The molecule has 6 rings (SSSR count). The Morgan fingerprint density at radius 3 is 2.47 bits per heavy atom. The van der Waals surface area contributed by atoms with Crippen LogP contribution in [0.1, 0.15) is 66.2 Å². The highest BCUT2D eigenvalue weighted by Crippen LogP contribution is 2.43. The van der Waals surface area contributed by atoms with Crippen LogP contribution in [0.4, 0.5) is 5.69 Å². The first-order chi connectivity index (χ1) is 21.2. The summed E-state index contributed by atoms with van der Waals surface area (Å²) in [4.78, 5) is 20.9. The van der Waals surface area contributed by atoms with Crippen LogP contribution in [0.2, 0.25) is 0 Å². The summed E-state index contributed by atoms with van der Waals surface area (Å²) in [6.07, 6.45) is 6.48. The number of anilines is 1. The monoisotopic (exact) mass is 599 g/mol. The van der Waals surface area contributed by atoms with Crippen molar-refractivity contribution in [2.45, 2.75) is 51.0 Å². The van der Waals surface area contributed by atoms with Crippen molar-refractivity contribution in [2.24, 2.45) is 5.92 Å². The summed E-state index contributed by atoms with van der Waals surface area (Å²) in [5, 5.41) is 6.26. The molecular formula is C34H41N5O3S. The number of methoxy groups -OCH3 is 1. The molecule has 9 heteroatoms. The number of hydrogen-bond donors (Lipinski definition) is 1. The summed E-state index contributed by atoms with van der Waals surface area (Å²) in [5.41, 5.74) is 5.50. The van der Waals surface area contributed by atoms with Crippen LogP contribution >= 0.6 is 11.9 Å². The number of pyridine rings is 1. The van der Waals surface area contributed by atoms with E-state index in [0.29, 0.717) is 30.7 Å². The summed E-state index contributed by atoms with van der Waals surface area (Å²) in [7, 11) is 1.78. The Morgan fingerprint density at radius 2 is 1.77 bits per heavy atom. The number of benzene rings is 2. The van der Waals surface area contributed by atoms with Crippen LogP contribution in [-0.2, 0) is 16.1 Å². The molecule has 2 fully saturated rings. The van der Waals surface area contributed by atoms with Gasteiger partial charge in [0.1, 0.15) is 5.69 Å². The maximum atomic E-state index is 13.5. The number of amides is 1. The highest BCUT2D eigenvalue weighted by atomic mass is 32.2. The lowest BCUT2D eigenvalue weighted by Gasteiger charge is -2.34. The fraction of sp³-hybridized carbons (Fsp3) is 0.441. The zero-order chi connectivity index (χ0) is 29.4. The maximum Gasteiger partial charge on any atom is 0.279 e. The standard InChI is InChI=1S/C34H41N5O3S/c1-41-23-26-16-18-38(19-17-26)30-22-29(34(40)37-43-21-9-20-42-24-25-10-4-2-5-11-25)35-33-31(30)32(27-12-8-13-27)36-39(33)28-14-6-3-7-15-28/h2-7,10-11,14-15,22,26-27H,8-9,12-13,16-21,23-24H2,1H3,(H,37,40). The third-order valence-electron chi connectivity index (χ3n) is 8.54. The zero-order valence-corrected chi connectivity index (χ0v) is 25.7. The number of carbonyl (C=O) groups is 1. The Morgan fingerprint density at radius 1 is 1.02 bits per heavy atom. The molecule has 1 saturated carbocycles. The smallest absolute Gasteiger partial charge is 0.279 e. The fourth-order valence-corrected chi connectivity index (χ4v) is 6.55. The highest BCUT2D eigenvalue weighted by Gasteiger charge is 2.31. The van der Waals surface area contributed by atoms with Gasteiger partial charge < -0.3 is 14.4 Å². The molecule has 1 amide bonds. The second kappa shape index (κ2) is 14.4. The molecule has 0 atom stereocenters. The molecule has 8 nitrogen and oxygen atoms in total. The van der Waals surface area contributed by atoms with Gasteiger partial charge in [0, 0.05) is 45.1 Å². The van der Waals surface area contributed by atoms with E-state index in [1.165, 1.54) is 23.9 Å². The van der Waals surface area contributed by atoms with Crippen LogP contribution in [0.3, 0.4) is 0 Å². The van der Waals surface area contributed by atoms with Crippen LogP contribution in [0.5, 0.6) is 0 Å². The van der Waals surface area contributed by atoms with Crippen LogP contribution in [0, 0.1) is 5.92 Å². The van der Waals surface area contributed by atoms with Crippen molar-refractivity contribution in [2.75, 3.05) is 44.1 Å². The molecular weight excluding hydrogens is 558 g/mol. The Hall–Kier alpha value is -3.40. The Bertz CT molecular complexity index is 1480. The van der Waals surface area contributed by atoms with Gasteiger partial charge in [-0.25, -0.2) is 9.67 Å². The Kier molecular flexibility index (Phi) is 9.92. The van der Waals surface area contributed by atoms with Gasteiger partial charge in [0.2, 0.25) is 0 Å². The molecule has 2 aliphatic rings. The molecule has 0 radical (unpaired) electrons. The predicted octanol–water partition coefficient (Wildman–Crippen LogP) is 6.54. The zero-order valence-electron chi connectivity index (χ0n) is 24.9. The van der Waals surface area contributed by atoms with Crippen LogP contribution in [0.15, 0.2) is 66.7 Å². The molecule has 2 aromatic heterocycles. The number of rotatable bonds is 13. The number of hydrogen-bond acceptors (Lipinski definition) is 7. The van der Waals surface area contributed by atoms with Crippen molar-refractivity contribution < 1.29 is 14.3 Å². The van der Waals surface area contributed by atoms with Gasteiger partial charge in [0.15, 0.2) is 5.65 Å². The third-order valence-corrected chi connectivity index (χ3v) is 9.36. The lowest BCUT2D eigenvalue weighted by molar-refractivity contribution is 0.0979. The molecule has 0 spiro atoms. The largest absolute Gasteiger partial charge is 0.384 e. The Labute approximate surface area is 258 Å². The summed E-state index contributed by atoms with van der Waals surface area (Å²) in [5.74, 6) is 1.57. The van der Waals surface area contributed by atoms with Gasteiger partial charge in [-0.15, -0.1) is 0 Å². The second-order valence-corrected chi connectivity index (χ2v) is 12.4. The SMILES string of the molecule is COCC1CCN(c2cc(C(=O)NSCCCOCc3ccccc3)nc3c2c(C2CCC2)nn3-c2ccccc2)CC1. The minimum absolute atomic E-state index is 0.182. The van der Waals surface area contributed by atoms with Gasteiger partial charge in [0.05, 0.1) is 29.1 Å². The molecule has 0 bridgehead atoms. The summed E-state index contributed by atoms with van der Waals surface area (Å²) in [6.45, 7) is 3.89. The topological polar surface area (TPSA) is 81.5 Å². The van der Waals surface area contributed by atoms with E-state index >= 15 is 0 Å². The third kappa shape index (κ3) is 7.06. The lowest BCUT2D eigenvalue weighted by atomic mass is 9.82. The maximum absolute atomic E-state index is 13.5. The van der Waals surface area contributed by atoms with Crippen LogP contribution < -0.4 is 9.62 Å². The van der Waals surface area contributed by atoms with Crippen molar-refractivity contribution in [1.29, 1.82) is 0 Å². The van der Waals surface area contributed by atoms with Gasteiger partial charge in [-0.1, -0.05) is 66.9 Å². The predicted molar refractivity (Wildman–Crippen MR) is 173 cm³/mol. The molecule has 4 aromatic rings. The molecule has 1 aliphatic carbocycles. The second-order valence-electron chi connectivity index (χ2n) is 11.5. The molecule has 1 N–H and O–H groups in total. The lowest BCUT2D eigenvalue weighted by Crippen LogP contribution is -2.35. The average Bonchev–Trinajstić information content (AvgIpc) is 3.39. The van der Waals surface area contributed by atoms with Crippen molar-refractivity contribution >= 4 is 34.6 Å².